The fraction of sp³-hybridized carbons (Fsp3) is 0.455. The zero-order valence-electron chi connectivity index (χ0n) is 8.33. The highest BCUT2D eigenvalue weighted by Crippen LogP contribution is 2.33. The van der Waals surface area contributed by atoms with Crippen molar-refractivity contribution in [1.82, 2.24) is 5.32 Å². The Morgan fingerprint density at radius 1 is 1.33 bits per heavy atom. The molecule has 15 heavy (non-hydrogen) atoms. The van der Waals surface area contributed by atoms with Crippen molar-refractivity contribution in [3.05, 3.63) is 23.5 Å². The molecule has 1 aromatic carbocycles. The summed E-state index contributed by atoms with van der Waals surface area (Å²) < 4.78 is 13.2. The van der Waals surface area contributed by atoms with Gasteiger partial charge in [0.05, 0.1) is 0 Å². The fourth-order valence-electron chi connectivity index (χ4n) is 1.98. The minimum Gasteiger partial charge on any atom is -0.504 e. The number of hydrogen-bond donors (Lipinski definition) is 3. The van der Waals surface area contributed by atoms with Crippen molar-refractivity contribution in [3.8, 4) is 11.5 Å². The van der Waals surface area contributed by atoms with Crippen LogP contribution in [0.4, 0.5) is 4.39 Å². The van der Waals surface area contributed by atoms with Gasteiger partial charge in [0.25, 0.3) is 0 Å². The third-order valence-corrected chi connectivity index (χ3v) is 2.83. The fourth-order valence-corrected chi connectivity index (χ4v) is 1.98. The van der Waals surface area contributed by atoms with Crippen molar-refractivity contribution in [2.75, 3.05) is 13.1 Å². The Hall–Kier alpha value is -1.29. The van der Waals surface area contributed by atoms with Gasteiger partial charge in [0, 0.05) is 6.54 Å². The van der Waals surface area contributed by atoms with Gasteiger partial charge >= 0.3 is 0 Å². The number of piperidine rings is 1. The number of aromatic hydroxyl groups is 2. The van der Waals surface area contributed by atoms with Crippen molar-refractivity contribution in [3.63, 3.8) is 0 Å². The van der Waals surface area contributed by atoms with E-state index in [2.05, 4.69) is 5.32 Å². The molecule has 1 unspecified atom stereocenters. The first kappa shape index (κ1) is 10.2. The zero-order valence-corrected chi connectivity index (χ0v) is 8.33. The van der Waals surface area contributed by atoms with E-state index in [-0.39, 0.29) is 11.7 Å². The maximum absolute atomic E-state index is 13.2. The van der Waals surface area contributed by atoms with Crippen LogP contribution in [0.5, 0.6) is 11.5 Å². The summed E-state index contributed by atoms with van der Waals surface area (Å²) in [6.07, 6.45) is 2.03. The molecule has 1 heterocycles. The molecule has 1 aliphatic heterocycles. The van der Waals surface area contributed by atoms with E-state index in [1.54, 1.807) is 0 Å². The van der Waals surface area contributed by atoms with Crippen molar-refractivity contribution in [2.24, 2.45) is 0 Å². The van der Waals surface area contributed by atoms with E-state index in [1.165, 1.54) is 12.1 Å². The molecular formula is C11H14FNO2. The largest absolute Gasteiger partial charge is 0.504 e. The highest BCUT2D eigenvalue weighted by molar-refractivity contribution is 5.43. The lowest BCUT2D eigenvalue weighted by Gasteiger charge is -2.23. The van der Waals surface area contributed by atoms with E-state index in [1.807, 2.05) is 0 Å². The van der Waals surface area contributed by atoms with Gasteiger partial charge in [-0.15, -0.1) is 0 Å². The molecule has 0 aliphatic carbocycles. The van der Waals surface area contributed by atoms with Gasteiger partial charge in [0.2, 0.25) is 0 Å². The number of halogens is 1. The van der Waals surface area contributed by atoms with Gasteiger partial charge in [0.15, 0.2) is 17.3 Å². The third-order valence-electron chi connectivity index (χ3n) is 2.83. The standard InChI is InChI=1S/C11H14FNO2/c12-9-4-8(5-10(14)11(9)15)7-2-1-3-13-6-7/h4-5,7,13-15H,1-3,6H2. The molecular weight excluding hydrogens is 197 g/mol. The molecule has 1 fully saturated rings. The van der Waals surface area contributed by atoms with Crippen LogP contribution in [0.2, 0.25) is 0 Å². The quantitative estimate of drug-likeness (QED) is 0.620. The summed E-state index contributed by atoms with van der Waals surface area (Å²) in [7, 11) is 0. The number of rotatable bonds is 1. The van der Waals surface area contributed by atoms with E-state index in [0.717, 1.165) is 31.5 Å². The first-order valence-electron chi connectivity index (χ1n) is 5.10. The average Bonchev–Trinajstić information content (AvgIpc) is 2.26. The van der Waals surface area contributed by atoms with Gasteiger partial charge in [-0.25, -0.2) is 4.39 Å². The Kier molecular flexibility index (Phi) is 2.77. The molecule has 0 aromatic heterocycles. The van der Waals surface area contributed by atoms with Crippen molar-refractivity contribution in [1.29, 1.82) is 0 Å². The van der Waals surface area contributed by atoms with Crippen LogP contribution in [0.15, 0.2) is 12.1 Å². The maximum Gasteiger partial charge on any atom is 0.194 e. The molecule has 1 aliphatic rings. The van der Waals surface area contributed by atoms with E-state index in [0.29, 0.717) is 0 Å². The van der Waals surface area contributed by atoms with Gasteiger partial charge in [-0.3, -0.25) is 0 Å². The molecule has 2 rings (SSSR count). The smallest absolute Gasteiger partial charge is 0.194 e. The Balaban J connectivity index is 2.27. The van der Waals surface area contributed by atoms with Crippen LogP contribution in [0.3, 0.4) is 0 Å². The van der Waals surface area contributed by atoms with Gasteiger partial charge in [-0.1, -0.05) is 0 Å². The van der Waals surface area contributed by atoms with Crippen LogP contribution in [0, 0.1) is 5.82 Å². The third kappa shape index (κ3) is 2.04. The van der Waals surface area contributed by atoms with Crippen molar-refractivity contribution >= 4 is 0 Å². The van der Waals surface area contributed by atoms with E-state index < -0.39 is 11.6 Å². The molecule has 1 saturated heterocycles. The number of hydrogen-bond acceptors (Lipinski definition) is 3. The van der Waals surface area contributed by atoms with Crippen molar-refractivity contribution in [2.45, 2.75) is 18.8 Å². The Morgan fingerprint density at radius 2 is 2.13 bits per heavy atom. The minimum atomic E-state index is -0.754. The molecule has 4 heteroatoms. The van der Waals surface area contributed by atoms with Gasteiger partial charge in [-0.05, 0) is 43.0 Å². The first-order valence-corrected chi connectivity index (χ1v) is 5.10. The Labute approximate surface area is 87.6 Å². The maximum atomic E-state index is 13.2. The summed E-state index contributed by atoms with van der Waals surface area (Å²) in [5.41, 5.74) is 0.745. The van der Waals surface area contributed by atoms with E-state index in [4.69, 9.17) is 5.11 Å². The highest BCUT2D eigenvalue weighted by atomic mass is 19.1. The predicted molar refractivity (Wildman–Crippen MR) is 54.6 cm³/mol. The SMILES string of the molecule is Oc1cc(C2CCCNC2)cc(F)c1O. The van der Waals surface area contributed by atoms with Gasteiger partial charge < -0.3 is 15.5 Å². The predicted octanol–water partition coefficient (Wildman–Crippen LogP) is 1.70. The molecule has 0 saturated carbocycles. The normalized spacial score (nSPS) is 21.5. The first-order chi connectivity index (χ1) is 7.18. The minimum absolute atomic E-state index is 0.222. The average molecular weight is 211 g/mol. The van der Waals surface area contributed by atoms with Crippen LogP contribution >= 0.6 is 0 Å². The van der Waals surface area contributed by atoms with Crippen LogP contribution in [0.1, 0.15) is 24.3 Å². The second-order valence-electron chi connectivity index (χ2n) is 3.91. The Morgan fingerprint density at radius 3 is 2.73 bits per heavy atom. The van der Waals surface area contributed by atoms with Crippen molar-refractivity contribution < 1.29 is 14.6 Å². The molecule has 0 spiro atoms. The number of nitrogens with one attached hydrogen (secondary N) is 1. The second kappa shape index (κ2) is 4.06. The summed E-state index contributed by atoms with van der Waals surface area (Å²) in [5.74, 6) is -1.58. The summed E-state index contributed by atoms with van der Waals surface area (Å²) in [6, 6.07) is 2.74. The molecule has 82 valence electrons. The van der Waals surface area contributed by atoms with Crippen LogP contribution in [-0.4, -0.2) is 23.3 Å². The molecule has 0 radical (unpaired) electrons. The summed E-state index contributed by atoms with van der Waals surface area (Å²) in [5, 5.41) is 21.6. The molecule has 3 N–H and O–H groups in total. The van der Waals surface area contributed by atoms with Crippen LogP contribution in [-0.2, 0) is 0 Å². The molecule has 3 nitrogen and oxygen atoms in total. The number of phenolic OH excluding ortho intramolecular Hbond substituents is 2. The van der Waals surface area contributed by atoms with Gasteiger partial charge in [-0.2, -0.15) is 0 Å². The van der Waals surface area contributed by atoms with Crippen LogP contribution in [0.25, 0.3) is 0 Å². The topological polar surface area (TPSA) is 52.5 Å². The lowest BCUT2D eigenvalue weighted by Crippen LogP contribution is -2.28. The molecule has 0 bridgehead atoms. The summed E-state index contributed by atoms with van der Waals surface area (Å²) in [4.78, 5) is 0. The summed E-state index contributed by atoms with van der Waals surface area (Å²) in [6.45, 7) is 1.78. The number of phenols is 2. The number of benzene rings is 1. The molecule has 1 aromatic rings. The zero-order chi connectivity index (χ0) is 10.8. The van der Waals surface area contributed by atoms with Gasteiger partial charge in [0.1, 0.15) is 0 Å². The lowest BCUT2D eigenvalue weighted by atomic mass is 9.91. The summed E-state index contributed by atoms with van der Waals surface area (Å²) >= 11 is 0. The van der Waals surface area contributed by atoms with E-state index >= 15 is 0 Å². The molecule has 1 atom stereocenters. The monoisotopic (exact) mass is 211 g/mol. The van der Waals surface area contributed by atoms with Crippen LogP contribution < -0.4 is 5.32 Å². The Bertz CT molecular complexity index is 339. The lowest BCUT2D eigenvalue weighted by molar-refractivity contribution is 0.375. The second-order valence-corrected chi connectivity index (χ2v) is 3.91. The van der Waals surface area contributed by atoms with E-state index in [9.17, 15) is 9.50 Å². The highest BCUT2D eigenvalue weighted by Gasteiger charge is 2.18. The molecule has 0 amide bonds.